The average molecular weight is 256 g/mol. The van der Waals surface area contributed by atoms with Crippen LogP contribution in [0.2, 0.25) is 0 Å². The molecule has 2 N–H and O–H groups in total. The van der Waals surface area contributed by atoms with Crippen molar-refractivity contribution in [1.82, 2.24) is 0 Å². The summed E-state index contributed by atoms with van der Waals surface area (Å²) < 4.78 is 14.2. The highest BCUT2D eigenvalue weighted by Gasteiger charge is 2.18. The molecule has 74 valence electrons. The van der Waals surface area contributed by atoms with Crippen LogP contribution in [0.4, 0.5) is 4.39 Å². The van der Waals surface area contributed by atoms with Crippen LogP contribution < -0.4 is 5.73 Å². The van der Waals surface area contributed by atoms with Crippen LogP contribution in [0.3, 0.4) is 0 Å². The van der Waals surface area contributed by atoms with Crippen LogP contribution in [0, 0.1) is 5.82 Å². The quantitative estimate of drug-likeness (QED) is 0.820. The summed E-state index contributed by atoms with van der Waals surface area (Å²) in [4.78, 5) is 0. The number of hydrogen-bond acceptors (Lipinski definition) is 1. The van der Waals surface area contributed by atoms with E-state index in [1.54, 1.807) is 12.1 Å². The van der Waals surface area contributed by atoms with Gasteiger partial charge in [0, 0.05) is 16.1 Å². The topological polar surface area (TPSA) is 26.0 Å². The van der Waals surface area contributed by atoms with Crippen molar-refractivity contribution in [1.29, 1.82) is 0 Å². The van der Waals surface area contributed by atoms with Gasteiger partial charge in [0.25, 0.3) is 0 Å². The first kappa shape index (κ1) is 9.87. The molecule has 0 aliphatic heterocycles. The predicted molar refractivity (Wildman–Crippen MR) is 59.3 cm³/mol. The van der Waals surface area contributed by atoms with Crippen molar-refractivity contribution < 1.29 is 4.39 Å². The van der Waals surface area contributed by atoms with Gasteiger partial charge >= 0.3 is 0 Å². The maximum Gasteiger partial charge on any atom is 0.130 e. The molecule has 1 nitrogen and oxygen atoms in total. The van der Waals surface area contributed by atoms with E-state index in [0.29, 0.717) is 5.56 Å². The minimum absolute atomic E-state index is 0.179. The maximum absolute atomic E-state index is 13.3. The maximum atomic E-state index is 13.3. The van der Waals surface area contributed by atoms with Crippen molar-refractivity contribution in [2.24, 2.45) is 5.73 Å². The Morgan fingerprint density at radius 2 is 2.14 bits per heavy atom. The molecule has 1 aromatic rings. The van der Waals surface area contributed by atoms with Crippen LogP contribution in [-0.2, 0) is 0 Å². The van der Waals surface area contributed by atoms with E-state index < -0.39 is 0 Å². The zero-order chi connectivity index (χ0) is 10.1. The van der Waals surface area contributed by atoms with Gasteiger partial charge in [-0.05, 0) is 31.0 Å². The average Bonchev–Trinajstić information content (AvgIpc) is 2.09. The Bertz CT molecular complexity index is 379. The molecule has 1 aromatic carbocycles. The van der Waals surface area contributed by atoms with Gasteiger partial charge in [-0.2, -0.15) is 0 Å². The van der Waals surface area contributed by atoms with E-state index in [1.807, 2.05) is 6.08 Å². The summed E-state index contributed by atoms with van der Waals surface area (Å²) in [6.45, 7) is 0. The van der Waals surface area contributed by atoms with Gasteiger partial charge in [0.15, 0.2) is 0 Å². The smallest absolute Gasteiger partial charge is 0.130 e. The fraction of sp³-hybridized carbons (Fsp3) is 0.273. The van der Waals surface area contributed by atoms with E-state index in [1.165, 1.54) is 11.6 Å². The fourth-order valence-electron chi connectivity index (χ4n) is 1.58. The van der Waals surface area contributed by atoms with Gasteiger partial charge in [0.1, 0.15) is 5.82 Å². The molecule has 0 spiro atoms. The lowest BCUT2D eigenvalue weighted by Crippen LogP contribution is -2.29. The molecule has 3 heteroatoms. The molecule has 1 fully saturated rings. The van der Waals surface area contributed by atoms with E-state index in [9.17, 15) is 4.39 Å². The second kappa shape index (κ2) is 3.83. The lowest BCUT2D eigenvalue weighted by Gasteiger charge is -2.25. The fourth-order valence-corrected chi connectivity index (χ4v) is 1.96. The van der Waals surface area contributed by atoms with Crippen LogP contribution in [0.25, 0.3) is 6.08 Å². The molecule has 1 aliphatic rings. The zero-order valence-electron chi connectivity index (χ0n) is 7.63. The standard InChI is InChI=1S/C11H11BrFN/c12-9-1-2-11(13)8(6-9)3-7-4-10(14)5-7/h1-3,6,10H,4-5,14H2. The Balaban J connectivity index is 2.24. The second-order valence-electron chi connectivity index (χ2n) is 3.64. The van der Waals surface area contributed by atoms with E-state index >= 15 is 0 Å². The first-order valence-corrected chi connectivity index (χ1v) is 5.34. The Hall–Kier alpha value is -0.670. The Kier molecular flexibility index (Phi) is 2.70. The number of rotatable bonds is 1. The van der Waals surface area contributed by atoms with E-state index in [2.05, 4.69) is 15.9 Å². The lowest BCUT2D eigenvalue weighted by molar-refractivity contribution is 0.546. The van der Waals surface area contributed by atoms with Crippen molar-refractivity contribution >= 4 is 22.0 Å². The summed E-state index contributed by atoms with van der Waals surface area (Å²) in [6.07, 6.45) is 3.68. The molecule has 0 atom stereocenters. The van der Waals surface area contributed by atoms with Crippen LogP contribution in [0.5, 0.6) is 0 Å². The Morgan fingerprint density at radius 1 is 1.43 bits per heavy atom. The van der Waals surface area contributed by atoms with Crippen molar-refractivity contribution in [3.05, 3.63) is 39.6 Å². The highest BCUT2D eigenvalue weighted by atomic mass is 79.9. The van der Waals surface area contributed by atoms with Crippen molar-refractivity contribution in [2.45, 2.75) is 18.9 Å². The number of hydrogen-bond donors (Lipinski definition) is 1. The van der Waals surface area contributed by atoms with E-state index in [0.717, 1.165) is 17.3 Å². The van der Waals surface area contributed by atoms with Gasteiger partial charge in [-0.3, -0.25) is 0 Å². The third kappa shape index (κ3) is 2.04. The van der Waals surface area contributed by atoms with Gasteiger partial charge in [-0.25, -0.2) is 4.39 Å². The molecule has 0 aromatic heterocycles. The minimum Gasteiger partial charge on any atom is -0.327 e. The first-order chi connectivity index (χ1) is 6.65. The minimum atomic E-state index is -0.179. The number of benzene rings is 1. The van der Waals surface area contributed by atoms with Gasteiger partial charge in [-0.1, -0.05) is 27.6 Å². The summed E-state index contributed by atoms with van der Waals surface area (Å²) in [7, 11) is 0. The van der Waals surface area contributed by atoms with Crippen molar-refractivity contribution in [3.8, 4) is 0 Å². The number of nitrogens with two attached hydrogens (primary N) is 1. The summed E-state index contributed by atoms with van der Waals surface area (Å²) in [5, 5.41) is 0. The molecule has 1 aliphatic carbocycles. The predicted octanol–water partition coefficient (Wildman–Crippen LogP) is 3.09. The van der Waals surface area contributed by atoms with Gasteiger partial charge in [-0.15, -0.1) is 0 Å². The molecule has 0 radical (unpaired) electrons. The van der Waals surface area contributed by atoms with Crippen LogP contribution >= 0.6 is 15.9 Å². The number of halogens is 2. The molecular weight excluding hydrogens is 245 g/mol. The second-order valence-corrected chi connectivity index (χ2v) is 4.55. The van der Waals surface area contributed by atoms with E-state index in [4.69, 9.17) is 5.73 Å². The normalized spacial score (nSPS) is 20.5. The molecule has 14 heavy (non-hydrogen) atoms. The van der Waals surface area contributed by atoms with Crippen molar-refractivity contribution in [3.63, 3.8) is 0 Å². The molecule has 1 saturated carbocycles. The zero-order valence-corrected chi connectivity index (χ0v) is 9.22. The van der Waals surface area contributed by atoms with Gasteiger partial charge in [0.2, 0.25) is 0 Å². The third-order valence-corrected chi connectivity index (χ3v) is 2.86. The highest BCUT2D eigenvalue weighted by molar-refractivity contribution is 9.10. The monoisotopic (exact) mass is 255 g/mol. The van der Waals surface area contributed by atoms with Crippen LogP contribution in [0.15, 0.2) is 28.2 Å². The Labute approximate surface area is 90.9 Å². The molecule has 0 bridgehead atoms. The SMILES string of the molecule is NC1CC(=Cc2cc(Br)ccc2F)C1. The van der Waals surface area contributed by atoms with Crippen molar-refractivity contribution in [2.75, 3.05) is 0 Å². The summed E-state index contributed by atoms with van der Waals surface area (Å²) in [5.74, 6) is -0.179. The molecule has 0 unspecified atom stereocenters. The van der Waals surface area contributed by atoms with E-state index in [-0.39, 0.29) is 11.9 Å². The van der Waals surface area contributed by atoms with Crippen LogP contribution in [-0.4, -0.2) is 6.04 Å². The third-order valence-electron chi connectivity index (χ3n) is 2.37. The molecule has 2 rings (SSSR count). The Morgan fingerprint density at radius 3 is 2.79 bits per heavy atom. The summed E-state index contributed by atoms with van der Waals surface area (Å²) in [5.41, 5.74) is 7.52. The first-order valence-electron chi connectivity index (χ1n) is 4.55. The van der Waals surface area contributed by atoms with Gasteiger partial charge < -0.3 is 5.73 Å². The van der Waals surface area contributed by atoms with Gasteiger partial charge in [0.05, 0.1) is 0 Å². The molecular formula is C11H11BrFN. The van der Waals surface area contributed by atoms with Crippen LogP contribution in [0.1, 0.15) is 18.4 Å². The molecule has 0 saturated heterocycles. The summed E-state index contributed by atoms with van der Waals surface area (Å²) in [6, 6.07) is 5.22. The largest absolute Gasteiger partial charge is 0.327 e. The summed E-state index contributed by atoms with van der Waals surface area (Å²) >= 11 is 3.32. The molecule has 0 amide bonds. The molecule has 0 heterocycles. The lowest BCUT2D eigenvalue weighted by atomic mass is 9.86. The highest BCUT2D eigenvalue weighted by Crippen LogP contribution is 2.28.